The van der Waals surface area contributed by atoms with Crippen LogP contribution in [-0.2, 0) is 13.7 Å². The fourth-order valence-corrected chi connectivity index (χ4v) is 3.83. The SMILES string of the molecule is Cn1c2ccc(Br)cc2c2nnc(N/N=C/c3cccc(OCc4ccccc4)c3)nc21. The number of halogens is 1. The first kappa shape index (κ1) is 20.1. The van der Waals surface area contributed by atoms with Gasteiger partial charge in [0.15, 0.2) is 5.65 Å². The van der Waals surface area contributed by atoms with Crippen LogP contribution in [0.2, 0.25) is 0 Å². The van der Waals surface area contributed by atoms with Crippen LogP contribution >= 0.6 is 15.9 Å². The van der Waals surface area contributed by atoms with Gasteiger partial charge in [-0.1, -0.05) is 58.4 Å². The third-order valence-corrected chi connectivity index (χ3v) is 5.54. The van der Waals surface area contributed by atoms with Crippen LogP contribution in [0.3, 0.4) is 0 Å². The van der Waals surface area contributed by atoms with Crippen LogP contribution in [0.5, 0.6) is 5.75 Å². The second-order valence-corrected chi connectivity index (χ2v) is 8.16. The van der Waals surface area contributed by atoms with Gasteiger partial charge in [0, 0.05) is 16.9 Å². The van der Waals surface area contributed by atoms with E-state index in [1.54, 1.807) is 6.21 Å². The lowest BCUT2D eigenvalue weighted by atomic mass is 10.2. The fraction of sp³-hybridized carbons (Fsp3) is 0.0833. The first-order chi connectivity index (χ1) is 15.7. The Kier molecular flexibility index (Phi) is 5.51. The summed E-state index contributed by atoms with van der Waals surface area (Å²) in [5, 5.41) is 13.8. The second kappa shape index (κ2) is 8.76. The molecule has 1 N–H and O–H groups in total. The van der Waals surface area contributed by atoms with Crippen molar-refractivity contribution in [3.63, 3.8) is 0 Å². The molecule has 2 aromatic heterocycles. The molecule has 0 fully saturated rings. The summed E-state index contributed by atoms with van der Waals surface area (Å²) in [5.74, 6) is 1.11. The Balaban J connectivity index is 1.30. The zero-order chi connectivity index (χ0) is 21.9. The van der Waals surface area contributed by atoms with E-state index in [0.717, 1.165) is 43.4 Å². The molecule has 0 bridgehead atoms. The van der Waals surface area contributed by atoms with Crippen LogP contribution < -0.4 is 10.2 Å². The number of aryl methyl sites for hydroxylation is 1. The maximum Gasteiger partial charge on any atom is 0.265 e. The average Bonchev–Trinajstić information content (AvgIpc) is 3.09. The Morgan fingerprint density at radius 2 is 1.91 bits per heavy atom. The molecule has 32 heavy (non-hydrogen) atoms. The number of hydrogen-bond donors (Lipinski definition) is 1. The first-order valence-corrected chi connectivity index (χ1v) is 10.8. The highest BCUT2D eigenvalue weighted by molar-refractivity contribution is 9.10. The maximum atomic E-state index is 5.87. The van der Waals surface area contributed by atoms with E-state index < -0.39 is 0 Å². The van der Waals surface area contributed by atoms with Crippen LogP contribution in [0.4, 0.5) is 5.95 Å². The Hall–Kier alpha value is -3.78. The molecule has 0 spiro atoms. The van der Waals surface area contributed by atoms with E-state index in [9.17, 15) is 0 Å². The summed E-state index contributed by atoms with van der Waals surface area (Å²) in [4.78, 5) is 4.58. The summed E-state index contributed by atoms with van der Waals surface area (Å²) in [6.07, 6.45) is 1.70. The van der Waals surface area contributed by atoms with Crippen LogP contribution in [0.25, 0.3) is 22.1 Å². The van der Waals surface area contributed by atoms with E-state index in [2.05, 4.69) is 41.6 Å². The van der Waals surface area contributed by atoms with Crippen molar-refractivity contribution in [1.82, 2.24) is 19.7 Å². The largest absolute Gasteiger partial charge is 0.489 e. The Labute approximate surface area is 192 Å². The van der Waals surface area contributed by atoms with Gasteiger partial charge in [-0.2, -0.15) is 10.1 Å². The van der Waals surface area contributed by atoms with E-state index in [0.29, 0.717) is 12.6 Å². The van der Waals surface area contributed by atoms with E-state index in [4.69, 9.17) is 4.74 Å². The molecule has 0 aliphatic heterocycles. The lowest BCUT2D eigenvalue weighted by Gasteiger charge is -2.06. The van der Waals surface area contributed by atoms with Crippen molar-refractivity contribution in [1.29, 1.82) is 0 Å². The molecule has 5 aromatic rings. The van der Waals surface area contributed by atoms with Crippen LogP contribution in [0, 0.1) is 0 Å². The normalized spacial score (nSPS) is 11.4. The number of rotatable bonds is 6. The molecule has 0 unspecified atom stereocenters. The summed E-state index contributed by atoms with van der Waals surface area (Å²) >= 11 is 3.51. The van der Waals surface area contributed by atoms with Gasteiger partial charge in [0.25, 0.3) is 5.95 Å². The molecular weight excluding hydrogens is 468 g/mol. The summed E-state index contributed by atoms with van der Waals surface area (Å²) in [6, 6.07) is 23.8. The number of ether oxygens (including phenoxy) is 1. The van der Waals surface area contributed by atoms with Crippen molar-refractivity contribution in [3.8, 4) is 5.75 Å². The number of nitrogens with zero attached hydrogens (tertiary/aromatic N) is 5. The van der Waals surface area contributed by atoms with E-state index in [1.807, 2.05) is 84.4 Å². The van der Waals surface area contributed by atoms with Crippen LogP contribution in [0.15, 0.2) is 82.4 Å². The van der Waals surface area contributed by atoms with Crippen molar-refractivity contribution in [2.45, 2.75) is 6.61 Å². The number of hydrogen-bond acceptors (Lipinski definition) is 6. The molecule has 0 atom stereocenters. The predicted octanol–water partition coefficient (Wildman–Crippen LogP) is 5.30. The van der Waals surface area contributed by atoms with Gasteiger partial charge >= 0.3 is 0 Å². The Bertz CT molecular complexity index is 1430. The molecule has 0 aliphatic carbocycles. The van der Waals surface area contributed by atoms with Gasteiger partial charge < -0.3 is 9.30 Å². The molecule has 0 amide bonds. The molecule has 0 aliphatic rings. The quantitative estimate of drug-likeness (QED) is 0.260. The fourth-order valence-electron chi connectivity index (χ4n) is 3.47. The highest BCUT2D eigenvalue weighted by atomic mass is 79.9. The number of anilines is 1. The lowest BCUT2D eigenvalue weighted by Crippen LogP contribution is -2.01. The van der Waals surface area contributed by atoms with Gasteiger partial charge in [-0.15, -0.1) is 10.2 Å². The molecule has 3 aromatic carbocycles. The van der Waals surface area contributed by atoms with Gasteiger partial charge in [-0.05, 0) is 41.5 Å². The smallest absolute Gasteiger partial charge is 0.265 e. The average molecular weight is 487 g/mol. The van der Waals surface area contributed by atoms with Crippen molar-refractivity contribution >= 4 is 50.2 Å². The van der Waals surface area contributed by atoms with Crippen molar-refractivity contribution in [3.05, 3.63) is 88.4 Å². The lowest BCUT2D eigenvalue weighted by molar-refractivity contribution is 0.306. The molecule has 0 radical (unpaired) electrons. The zero-order valence-electron chi connectivity index (χ0n) is 17.2. The van der Waals surface area contributed by atoms with Crippen molar-refractivity contribution < 1.29 is 4.74 Å². The van der Waals surface area contributed by atoms with E-state index in [-0.39, 0.29) is 0 Å². The Morgan fingerprint density at radius 1 is 1.03 bits per heavy atom. The number of fused-ring (bicyclic) bond motifs is 3. The Morgan fingerprint density at radius 3 is 2.78 bits per heavy atom. The highest BCUT2D eigenvalue weighted by Gasteiger charge is 2.12. The summed E-state index contributed by atoms with van der Waals surface area (Å²) < 4.78 is 8.85. The molecule has 158 valence electrons. The third kappa shape index (κ3) is 4.17. The monoisotopic (exact) mass is 486 g/mol. The van der Waals surface area contributed by atoms with E-state index in [1.165, 1.54) is 0 Å². The van der Waals surface area contributed by atoms with Gasteiger partial charge in [0.2, 0.25) is 0 Å². The first-order valence-electron chi connectivity index (χ1n) is 10.0. The predicted molar refractivity (Wildman–Crippen MR) is 130 cm³/mol. The molecule has 0 saturated heterocycles. The number of nitrogens with one attached hydrogen (secondary N) is 1. The minimum absolute atomic E-state index is 0.329. The highest BCUT2D eigenvalue weighted by Crippen LogP contribution is 2.28. The molecule has 5 rings (SSSR count). The molecule has 7 nitrogen and oxygen atoms in total. The minimum Gasteiger partial charge on any atom is -0.489 e. The molecule has 2 heterocycles. The van der Waals surface area contributed by atoms with Crippen molar-refractivity contribution in [2.24, 2.45) is 12.1 Å². The second-order valence-electron chi connectivity index (χ2n) is 7.24. The number of hydrazone groups is 1. The maximum absolute atomic E-state index is 5.87. The number of aromatic nitrogens is 4. The standard InChI is InChI=1S/C24H19BrN6O/c1-31-21-11-10-18(25)13-20(21)22-23(31)27-24(30-28-22)29-26-14-17-8-5-9-19(12-17)32-15-16-6-3-2-4-7-16/h2-14H,15H2,1H3,(H,27,29,30)/b26-14+. The van der Waals surface area contributed by atoms with Crippen molar-refractivity contribution in [2.75, 3.05) is 5.43 Å². The minimum atomic E-state index is 0.329. The molecule has 8 heteroatoms. The summed E-state index contributed by atoms with van der Waals surface area (Å²) in [5.41, 5.74) is 7.41. The topological polar surface area (TPSA) is 77.2 Å². The van der Waals surface area contributed by atoms with Gasteiger partial charge in [0.1, 0.15) is 17.9 Å². The summed E-state index contributed by atoms with van der Waals surface area (Å²) in [7, 11) is 1.96. The van der Waals surface area contributed by atoms with Crippen LogP contribution in [-0.4, -0.2) is 26.0 Å². The van der Waals surface area contributed by atoms with Crippen LogP contribution in [0.1, 0.15) is 11.1 Å². The number of benzene rings is 3. The van der Waals surface area contributed by atoms with Gasteiger partial charge in [0.05, 0.1) is 11.7 Å². The van der Waals surface area contributed by atoms with Gasteiger partial charge in [-0.3, -0.25) is 0 Å². The summed E-state index contributed by atoms with van der Waals surface area (Å²) in [6.45, 7) is 0.515. The van der Waals surface area contributed by atoms with Gasteiger partial charge in [-0.25, -0.2) is 5.43 Å². The third-order valence-electron chi connectivity index (χ3n) is 5.05. The van der Waals surface area contributed by atoms with E-state index >= 15 is 0 Å². The molecule has 0 saturated carbocycles. The molecular formula is C24H19BrN6O. The zero-order valence-corrected chi connectivity index (χ0v) is 18.8.